The topological polar surface area (TPSA) is 99.6 Å². The van der Waals surface area contributed by atoms with Crippen LogP contribution in [0.3, 0.4) is 0 Å². The smallest absolute Gasteiger partial charge is 0.399 e. The summed E-state index contributed by atoms with van der Waals surface area (Å²) in [6.45, 7) is 0. The van der Waals surface area contributed by atoms with Crippen LogP contribution in [0, 0.1) is 5.41 Å². The van der Waals surface area contributed by atoms with Crippen LogP contribution in [-0.2, 0) is 14.3 Å². The molecule has 1 fully saturated rings. The Bertz CT molecular complexity index is 301. The minimum Gasteiger partial charge on any atom is -0.399 e. The first-order valence-corrected chi connectivity index (χ1v) is 3.82. The number of carbonyl (C=O) groups excluding carboxylic acids is 3. The number of alkyl carbamates (subject to hydrolysis) is 1. The van der Waals surface area contributed by atoms with Crippen LogP contribution < -0.4 is 5.32 Å². The normalized spacial score (nSPS) is 20.9. The SMILES string of the molecule is CN1C(=O)CC(NC(=O)OC=N)C1=O. The van der Waals surface area contributed by atoms with E-state index in [1.54, 1.807) is 0 Å². The van der Waals surface area contributed by atoms with E-state index in [2.05, 4.69) is 10.1 Å². The van der Waals surface area contributed by atoms with Crippen molar-refractivity contribution < 1.29 is 19.1 Å². The zero-order chi connectivity index (χ0) is 10.7. The quantitative estimate of drug-likeness (QED) is 0.341. The van der Waals surface area contributed by atoms with Crippen LogP contribution in [0.25, 0.3) is 0 Å². The largest absolute Gasteiger partial charge is 0.414 e. The molecule has 1 unspecified atom stereocenters. The predicted octanol–water partition coefficient (Wildman–Crippen LogP) is -0.923. The van der Waals surface area contributed by atoms with E-state index in [1.165, 1.54) is 7.05 Å². The van der Waals surface area contributed by atoms with Gasteiger partial charge in [0.15, 0.2) is 6.40 Å². The van der Waals surface area contributed by atoms with Gasteiger partial charge in [-0.25, -0.2) is 4.79 Å². The molecular weight excluding hydrogens is 190 g/mol. The van der Waals surface area contributed by atoms with Gasteiger partial charge in [-0.15, -0.1) is 0 Å². The number of nitrogens with zero attached hydrogens (tertiary/aromatic N) is 1. The van der Waals surface area contributed by atoms with Crippen molar-refractivity contribution in [1.29, 1.82) is 5.41 Å². The van der Waals surface area contributed by atoms with Crippen LogP contribution in [0.15, 0.2) is 0 Å². The van der Waals surface area contributed by atoms with Crippen LogP contribution >= 0.6 is 0 Å². The zero-order valence-corrected chi connectivity index (χ0v) is 7.44. The summed E-state index contributed by atoms with van der Waals surface area (Å²) < 4.78 is 4.13. The third-order valence-corrected chi connectivity index (χ3v) is 1.84. The molecule has 0 aromatic rings. The average molecular weight is 199 g/mol. The average Bonchev–Trinajstić information content (AvgIpc) is 2.34. The number of hydrogen-bond donors (Lipinski definition) is 2. The number of amides is 3. The van der Waals surface area contributed by atoms with Crippen LogP contribution in [-0.4, -0.2) is 42.3 Å². The minimum absolute atomic E-state index is 0.0670. The summed E-state index contributed by atoms with van der Waals surface area (Å²) in [5.41, 5.74) is 0. The summed E-state index contributed by atoms with van der Waals surface area (Å²) in [5, 5.41) is 8.63. The molecule has 7 nitrogen and oxygen atoms in total. The predicted molar refractivity (Wildman–Crippen MR) is 44.6 cm³/mol. The van der Waals surface area contributed by atoms with Crippen LogP contribution in [0.4, 0.5) is 4.79 Å². The molecule has 0 aromatic carbocycles. The lowest BCUT2D eigenvalue weighted by Crippen LogP contribution is -2.40. The molecular formula is C7H9N3O4. The van der Waals surface area contributed by atoms with Gasteiger partial charge in [-0.1, -0.05) is 0 Å². The van der Waals surface area contributed by atoms with Gasteiger partial charge in [-0.3, -0.25) is 19.9 Å². The molecule has 76 valence electrons. The Labute approximate surface area is 79.5 Å². The Kier molecular flexibility index (Phi) is 2.80. The molecule has 1 aliphatic heterocycles. The highest BCUT2D eigenvalue weighted by molar-refractivity contribution is 6.06. The van der Waals surface area contributed by atoms with Gasteiger partial charge in [0, 0.05) is 7.05 Å². The lowest BCUT2D eigenvalue weighted by molar-refractivity contribution is -0.137. The Hall–Kier alpha value is -1.92. The van der Waals surface area contributed by atoms with Crippen molar-refractivity contribution in [2.24, 2.45) is 0 Å². The number of rotatable bonds is 2. The molecule has 0 bridgehead atoms. The standard InChI is InChI=1S/C7H9N3O4/c1-10-5(11)2-4(6(10)12)9-7(13)14-3-8/h3-4,8H,2H2,1H3,(H,9,13). The van der Waals surface area contributed by atoms with Gasteiger partial charge in [0.2, 0.25) is 5.91 Å². The summed E-state index contributed by atoms with van der Waals surface area (Å²) in [7, 11) is 1.34. The van der Waals surface area contributed by atoms with E-state index in [-0.39, 0.29) is 12.3 Å². The van der Waals surface area contributed by atoms with Crippen molar-refractivity contribution in [3.05, 3.63) is 0 Å². The Morgan fingerprint density at radius 2 is 2.36 bits per heavy atom. The number of likely N-dealkylation sites (N-methyl/N-ethyl adjacent to an activating group) is 1. The van der Waals surface area contributed by atoms with Crippen molar-refractivity contribution in [2.75, 3.05) is 7.05 Å². The van der Waals surface area contributed by atoms with Crippen molar-refractivity contribution in [2.45, 2.75) is 12.5 Å². The number of hydrogen-bond acceptors (Lipinski definition) is 5. The van der Waals surface area contributed by atoms with Crippen molar-refractivity contribution in [3.8, 4) is 0 Å². The van der Waals surface area contributed by atoms with E-state index < -0.39 is 18.0 Å². The highest BCUT2D eigenvalue weighted by atomic mass is 16.5. The van der Waals surface area contributed by atoms with E-state index >= 15 is 0 Å². The molecule has 1 heterocycles. The summed E-state index contributed by atoms with van der Waals surface area (Å²) >= 11 is 0. The zero-order valence-electron chi connectivity index (χ0n) is 7.44. The number of likely N-dealkylation sites (tertiary alicyclic amines) is 1. The highest BCUT2D eigenvalue weighted by Crippen LogP contribution is 2.10. The van der Waals surface area contributed by atoms with E-state index in [9.17, 15) is 14.4 Å². The number of nitrogens with one attached hydrogen (secondary N) is 2. The number of carbonyl (C=O) groups is 3. The lowest BCUT2D eigenvalue weighted by atomic mass is 10.2. The molecule has 1 atom stereocenters. The highest BCUT2D eigenvalue weighted by Gasteiger charge is 2.37. The second-order valence-electron chi connectivity index (χ2n) is 2.72. The molecule has 1 saturated heterocycles. The van der Waals surface area contributed by atoms with Crippen LogP contribution in [0.1, 0.15) is 6.42 Å². The van der Waals surface area contributed by atoms with E-state index in [0.29, 0.717) is 6.40 Å². The minimum atomic E-state index is -0.915. The number of imide groups is 1. The summed E-state index contributed by atoms with van der Waals surface area (Å²) in [6.07, 6.45) is -0.538. The van der Waals surface area contributed by atoms with Gasteiger partial charge in [0.1, 0.15) is 6.04 Å². The third kappa shape index (κ3) is 1.87. The molecule has 3 amide bonds. The molecule has 0 aliphatic carbocycles. The Morgan fingerprint density at radius 1 is 1.71 bits per heavy atom. The third-order valence-electron chi connectivity index (χ3n) is 1.84. The summed E-state index contributed by atoms with van der Waals surface area (Å²) in [4.78, 5) is 34.0. The first-order chi connectivity index (χ1) is 6.56. The lowest BCUT2D eigenvalue weighted by Gasteiger charge is -2.09. The summed E-state index contributed by atoms with van der Waals surface area (Å²) in [6, 6.07) is -0.875. The first kappa shape index (κ1) is 10.2. The second-order valence-corrected chi connectivity index (χ2v) is 2.72. The van der Waals surface area contributed by atoms with E-state index in [0.717, 1.165) is 4.90 Å². The molecule has 2 N–H and O–H groups in total. The molecule has 0 saturated carbocycles. The summed E-state index contributed by atoms with van der Waals surface area (Å²) in [5.74, 6) is -0.827. The molecule has 0 spiro atoms. The van der Waals surface area contributed by atoms with E-state index in [4.69, 9.17) is 5.41 Å². The maximum atomic E-state index is 11.2. The van der Waals surface area contributed by atoms with Crippen molar-refractivity contribution >= 4 is 24.3 Å². The van der Waals surface area contributed by atoms with Crippen LogP contribution in [0.5, 0.6) is 0 Å². The fraction of sp³-hybridized carbons (Fsp3) is 0.429. The van der Waals surface area contributed by atoms with Crippen molar-refractivity contribution in [1.82, 2.24) is 10.2 Å². The van der Waals surface area contributed by atoms with Gasteiger partial charge in [0.25, 0.3) is 5.91 Å². The first-order valence-electron chi connectivity index (χ1n) is 3.82. The van der Waals surface area contributed by atoms with Gasteiger partial charge in [0.05, 0.1) is 6.42 Å². The fourth-order valence-corrected chi connectivity index (χ4v) is 1.10. The molecule has 14 heavy (non-hydrogen) atoms. The maximum Gasteiger partial charge on any atom is 0.414 e. The van der Waals surface area contributed by atoms with Crippen molar-refractivity contribution in [3.63, 3.8) is 0 Å². The van der Waals surface area contributed by atoms with Gasteiger partial charge in [-0.05, 0) is 0 Å². The Morgan fingerprint density at radius 3 is 2.79 bits per heavy atom. The van der Waals surface area contributed by atoms with Gasteiger partial charge in [-0.2, -0.15) is 0 Å². The van der Waals surface area contributed by atoms with Gasteiger partial charge >= 0.3 is 6.09 Å². The maximum absolute atomic E-state index is 11.2. The fourth-order valence-electron chi connectivity index (χ4n) is 1.10. The van der Waals surface area contributed by atoms with Gasteiger partial charge < -0.3 is 10.1 Å². The number of ether oxygens (including phenoxy) is 1. The molecule has 1 aliphatic rings. The molecule has 0 radical (unpaired) electrons. The Balaban J connectivity index is 2.55. The second kappa shape index (κ2) is 3.86. The molecule has 1 rings (SSSR count). The molecule has 0 aromatic heterocycles. The van der Waals surface area contributed by atoms with Crippen LogP contribution in [0.2, 0.25) is 0 Å². The monoisotopic (exact) mass is 199 g/mol. The van der Waals surface area contributed by atoms with E-state index in [1.807, 2.05) is 0 Å². The molecule has 7 heteroatoms.